The van der Waals surface area contributed by atoms with Gasteiger partial charge in [-0.05, 0) is 43.7 Å². The molecule has 2 fully saturated rings. The van der Waals surface area contributed by atoms with Gasteiger partial charge in [0.25, 0.3) is 0 Å². The predicted octanol–water partition coefficient (Wildman–Crippen LogP) is 3.65. The summed E-state index contributed by atoms with van der Waals surface area (Å²) in [6.07, 6.45) is 6.40. The molecule has 6 nitrogen and oxygen atoms in total. The first-order valence-electron chi connectivity index (χ1n) is 11.6. The minimum absolute atomic E-state index is 0.285. The van der Waals surface area contributed by atoms with Crippen LogP contribution in [0, 0.1) is 5.92 Å². The quantitative estimate of drug-likeness (QED) is 0.738. The van der Waals surface area contributed by atoms with Crippen LogP contribution >= 0.6 is 0 Å². The first kappa shape index (κ1) is 21.8. The van der Waals surface area contributed by atoms with Crippen LogP contribution in [-0.2, 0) is 4.79 Å². The second kappa shape index (κ2) is 9.77. The Hall–Kier alpha value is -2.47. The zero-order valence-corrected chi connectivity index (χ0v) is 19.1. The number of aromatic nitrogens is 2. The Morgan fingerprint density at radius 3 is 2.55 bits per heavy atom. The second-order valence-corrected chi connectivity index (χ2v) is 9.37. The number of anilines is 1. The van der Waals surface area contributed by atoms with Gasteiger partial charge in [0.1, 0.15) is 0 Å². The summed E-state index contributed by atoms with van der Waals surface area (Å²) in [5, 5.41) is 0. The number of carbonyl (C=O) groups is 1. The van der Waals surface area contributed by atoms with Crippen molar-refractivity contribution in [3.05, 3.63) is 42.2 Å². The Labute approximate surface area is 186 Å². The van der Waals surface area contributed by atoms with Gasteiger partial charge < -0.3 is 9.80 Å². The Kier molecular flexibility index (Phi) is 6.86. The Morgan fingerprint density at radius 1 is 1.10 bits per heavy atom. The van der Waals surface area contributed by atoms with Gasteiger partial charge in [-0.25, -0.2) is 9.97 Å². The van der Waals surface area contributed by atoms with Crippen LogP contribution in [-0.4, -0.2) is 72.5 Å². The predicted molar refractivity (Wildman–Crippen MR) is 125 cm³/mol. The van der Waals surface area contributed by atoms with Gasteiger partial charge in [0.15, 0.2) is 0 Å². The second-order valence-electron chi connectivity index (χ2n) is 9.37. The molecular formula is C25H35N5O. The lowest BCUT2D eigenvalue weighted by Crippen LogP contribution is -2.46. The van der Waals surface area contributed by atoms with Crippen LogP contribution in [0.25, 0.3) is 11.1 Å². The average molecular weight is 422 g/mol. The van der Waals surface area contributed by atoms with Gasteiger partial charge in [-0.2, -0.15) is 0 Å². The number of piperidine rings is 2. The summed E-state index contributed by atoms with van der Waals surface area (Å²) in [5.41, 5.74) is 3.36. The van der Waals surface area contributed by atoms with Crippen LogP contribution in [0.2, 0.25) is 0 Å². The number of likely N-dealkylation sites (tertiary alicyclic amines) is 2. The Balaban J connectivity index is 1.52. The molecule has 1 atom stereocenters. The smallest absolute Gasteiger partial charge is 0.236 e. The van der Waals surface area contributed by atoms with Crippen molar-refractivity contribution in [1.29, 1.82) is 0 Å². The first-order valence-corrected chi connectivity index (χ1v) is 11.6. The summed E-state index contributed by atoms with van der Waals surface area (Å²) in [7, 11) is 3.96. The molecule has 0 aliphatic carbocycles. The number of benzene rings is 1. The molecule has 31 heavy (non-hydrogen) atoms. The van der Waals surface area contributed by atoms with Gasteiger partial charge in [0.2, 0.25) is 11.9 Å². The SMILES string of the molecule is CC1CCN(C(=O)CN2CCCC(c3nc(N(C)C)ncc3-c3ccccc3)C2)CC1. The number of hydrogen-bond donors (Lipinski definition) is 0. The van der Waals surface area contributed by atoms with E-state index in [1.807, 2.05) is 31.3 Å². The van der Waals surface area contributed by atoms with E-state index in [4.69, 9.17) is 4.98 Å². The zero-order valence-electron chi connectivity index (χ0n) is 19.1. The number of hydrogen-bond acceptors (Lipinski definition) is 5. The fourth-order valence-electron chi connectivity index (χ4n) is 4.72. The summed E-state index contributed by atoms with van der Waals surface area (Å²) < 4.78 is 0. The Bertz CT molecular complexity index is 877. The maximum atomic E-state index is 12.9. The molecule has 166 valence electrons. The van der Waals surface area contributed by atoms with E-state index in [1.165, 1.54) is 0 Å². The molecule has 1 aromatic heterocycles. The number of rotatable bonds is 5. The first-order chi connectivity index (χ1) is 15.0. The lowest BCUT2D eigenvalue weighted by molar-refractivity contribution is -0.134. The van der Waals surface area contributed by atoms with Crippen LogP contribution in [0.5, 0.6) is 0 Å². The summed E-state index contributed by atoms with van der Waals surface area (Å²) in [4.78, 5) is 28.8. The van der Waals surface area contributed by atoms with Crippen LogP contribution in [0.3, 0.4) is 0 Å². The van der Waals surface area contributed by atoms with Gasteiger partial charge in [0, 0.05) is 51.4 Å². The van der Waals surface area contributed by atoms with E-state index >= 15 is 0 Å². The normalized spacial score (nSPS) is 20.6. The van der Waals surface area contributed by atoms with Crippen LogP contribution in [0.15, 0.2) is 36.5 Å². The zero-order chi connectivity index (χ0) is 21.8. The average Bonchev–Trinajstić information content (AvgIpc) is 2.80. The van der Waals surface area contributed by atoms with Crippen molar-refractivity contribution in [2.75, 3.05) is 51.7 Å². The van der Waals surface area contributed by atoms with E-state index in [0.29, 0.717) is 12.5 Å². The Morgan fingerprint density at radius 2 is 1.84 bits per heavy atom. The molecule has 2 aromatic rings. The molecule has 1 aromatic carbocycles. The molecule has 1 amide bonds. The van der Waals surface area contributed by atoms with Crippen LogP contribution in [0.4, 0.5) is 5.95 Å². The number of nitrogens with zero attached hydrogens (tertiary/aromatic N) is 5. The fraction of sp³-hybridized carbons (Fsp3) is 0.560. The maximum Gasteiger partial charge on any atom is 0.236 e. The molecule has 0 saturated carbocycles. The molecule has 6 heteroatoms. The number of amides is 1. The highest BCUT2D eigenvalue weighted by Crippen LogP contribution is 2.34. The molecule has 2 saturated heterocycles. The van der Waals surface area contributed by atoms with Crippen molar-refractivity contribution in [3.8, 4) is 11.1 Å². The molecular weight excluding hydrogens is 386 g/mol. The van der Waals surface area contributed by atoms with E-state index in [1.54, 1.807) is 0 Å². The molecule has 2 aliphatic rings. The molecule has 0 radical (unpaired) electrons. The highest BCUT2D eigenvalue weighted by Gasteiger charge is 2.28. The van der Waals surface area contributed by atoms with Crippen molar-refractivity contribution < 1.29 is 4.79 Å². The van der Waals surface area contributed by atoms with E-state index in [2.05, 4.69) is 46.0 Å². The van der Waals surface area contributed by atoms with Crippen molar-refractivity contribution in [1.82, 2.24) is 19.8 Å². The molecule has 3 heterocycles. The summed E-state index contributed by atoms with van der Waals surface area (Å²) >= 11 is 0. The van der Waals surface area contributed by atoms with Gasteiger partial charge >= 0.3 is 0 Å². The maximum absolute atomic E-state index is 12.9. The van der Waals surface area contributed by atoms with Crippen molar-refractivity contribution in [2.45, 2.75) is 38.5 Å². The molecule has 4 rings (SSSR count). The van der Waals surface area contributed by atoms with Crippen molar-refractivity contribution >= 4 is 11.9 Å². The van der Waals surface area contributed by atoms with Gasteiger partial charge in [0.05, 0.1) is 12.2 Å². The molecule has 0 N–H and O–H groups in total. The molecule has 0 bridgehead atoms. The van der Waals surface area contributed by atoms with E-state index < -0.39 is 0 Å². The summed E-state index contributed by atoms with van der Waals surface area (Å²) in [5.74, 6) is 2.07. The summed E-state index contributed by atoms with van der Waals surface area (Å²) in [6, 6.07) is 10.4. The van der Waals surface area contributed by atoms with Crippen LogP contribution in [0.1, 0.15) is 44.2 Å². The minimum atomic E-state index is 0.285. The molecule has 1 unspecified atom stereocenters. The third kappa shape index (κ3) is 5.24. The van der Waals surface area contributed by atoms with E-state index in [-0.39, 0.29) is 5.91 Å². The van der Waals surface area contributed by atoms with Gasteiger partial charge in [-0.3, -0.25) is 9.69 Å². The third-order valence-corrected chi connectivity index (χ3v) is 6.68. The van der Waals surface area contributed by atoms with Crippen molar-refractivity contribution in [3.63, 3.8) is 0 Å². The largest absolute Gasteiger partial charge is 0.347 e. The van der Waals surface area contributed by atoms with E-state index in [0.717, 1.165) is 80.5 Å². The topological polar surface area (TPSA) is 52.6 Å². The van der Waals surface area contributed by atoms with E-state index in [9.17, 15) is 4.79 Å². The minimum Gasteiger partial charge on any atom is -0.347 e. The number of carbonyl (C=O) groups excluding carboxylic acids is 1. The summed E-state index contributed by atoms with van der Waals surface area (Å²) in [6.45, 7) is 6.49. The standard InChI is InChI=1S/C25H35N5O/c1-19-11-14-30(15-12-19)23(31)18-29-13-7-10-21(17-29)24-22(20-8-5-4-6-9-20)16-26-25(27-24)28(2)3/h4-6,8-9,16,19,21H,7,10-15,17-18H2,1-3H3. The fourth-order valence-corrected chi connectivity index (χ4v) is 4.72. The highest BCUT2D eigenvalue weighted by molar-refractivity contribution is 5.78. The lowest BCUT2D eigenvalue weighted by Gasteiger charge is -2.36. The monoisotopic (exact) mass is 421 g/mol. The van der Waals surface area contributed by atoms with Gasteiger partial charge in [-0.1, -0.05) is 37.3 Å². The molecule has 2 aliphatic heterocycles. The third-order valence-electron chi connectivity index (χ3n) is 6.68. The van der Waals surface area contributed by atoms with Gasteiger partial charge in [-0.15, -0.1) is 0 Å². The molecule has 0 spiro atoms. The highest BCUT2D eigenvalue weighted by atomic mass is 16.2. The van der Waals surface area contributed by atoms with Crippen molar-refractivity contribution in [2.24, 2.45) is 5.92 Å². The lowest BCUT2D eigenvalue weighted by atomic mass is 9.90. The van der Waals surface area contributed by atoms with Crippen LogP contribution < -0.4 is 4.90 Å².